The fraction of sp³-hybridized carbons (Fsp3) is 0.700. The molecule has 0 aromatic carbocycles. The van der Waals surface area contributed by atoms with Gasteiger partial charge in [-0.25, -0.2) is 13.1 Å². The highest BCUT2D eigenvalue weighted by Gasteiger charge is 2.19. The zero-order valence-corrected chi connectivity index (χ0v) is 10.7. The third-order valence-corrected chi connectivity index (χ3v) is 4.53. The summed E-state index contributed by atoms with van der Waals surface area (Å²) in [6, 6.07) is 1.94. The molecule has 2 heterocycles. The van der Waals surface area contributed by atoms with Gasteiger partial charge in [0.25, 0.3) is 10.0 Å². The first-order valence-corrected chi connectivity index (χ1v) is 7.29. The van der Waals surface area contributed by atoms with Crippen molar-refractivity contribution in [2.45, 2.75) is 30.3 Å². The SMILES string of the molecule is Cn1nccc1S(=O)(=O)NCCC1CCCN1. The lowest BCUT2D eigenvalue weighted by molar-refractivity contribution is 0.533. The van der Waals surface area contributed by atoms with Crippen molar-refractivity contribution in [3.63, 3.8) is 0 Å². The lowest BCUT2D eigenvalue weighted by Crippen LogP contribution is -2.31. The molecule has 0 spiro atoms. The van der Waals surface area contributed by atoms with E-state index in [2.05, 4.69) is 15.1 Å². The van der Waals surface area contributed by atoms with Gasteiger partial charge in [-0.2, -0.15) is 5.10 Å². The number of hydrogen-bond acceptors (Lipinski definition) is 4. The predicted octanol–water partition coefficient (Wildman–Crippen LogP) is -0.159. The van der Waals surface area contributed by atoms with Crippen LogP contribution in [0.1, 0.15) is 19.3 Å². The number of aryl methyl sites for hydroxylation is 1. The molecule has 7 heteroatoms. The van der Waals surface area contributed by atoms with Gasteiger partial charge in [-0.15, -0.1) is 0 Å². The van der Waals surface area contributed by atoms with E-state index < -0.39 is 10.0 Å². The maximum Gasteiger partial charge on any atom is 0.257 e. The molecule has 1 unspecified atom stereocenters. The van der Waals surface area contributed by atoms with E-state index in [-0.39, 0.29) is 5.03 Å². The second-order valence-corrected chi connectivity index (χ2v) is 5.99. The van der Waals surface area contributed by atoms with Crippen LogP contribution in [0.15, 0.2) is 17.3 Å². The standard InChI is InChI=1S/C10H18N4O2S/c1-14-10(5-7-12-14)17(15,16)13-8-4-9-3-2-6-11-9/h5,7,9,11,13H,2-4,6,8H2,1H3. The van der Waals surface area contributed by atoms with Crippen molar-refractivity contribution >= 4 is 10.0 Å². The van der Waals surface area contributed by atoms with Crippen molar-refractivity contribution in [1.82, 2.24) is 19.8 Å². The summed E-state index contributed by atoms with van der Waals surface area (Å²) in [6.45, 7) is 1.50. The van der Waals surface area contributed by atoms with Crippen molar-refractivity contribution in [3.8, 4) is 0 Å². The van der Waals surface area contributed by atoms with Gasteiger partial charge in [-0.05, 0) is 31.9 Å². The summed E-state index contributed by atoms with van der Waals surface area (Å²) in [7, 11) is -1.80. The molecular weight excluding hydrogens is 240 g/mol. The first kappa shape index (κ1) is 12.5. The molecule has 0 saturated carbocycles. The Labute approximate surface area is 101 Å². The molecule has 2 N–H and O–H groups in total. The topological polar surface area (TPSA) is 76.0 Å². The largest absolute Gasteiger partial charge is 0.314 e. The Morgan fingerprint density at radius 1 is 1.65 bits per heavy atom. The van der Waals surface area contributed by atoms with Gasteiger partial charge in [0.2, 0.25) is 0 Å². The quantitative estimate of drug-likeness (QED) is 0.769. The Morgan fingerprint density at radius 3 is 3.06 bits per heavy atom. The molecule has 0 radical (unpaired) electrons. The van der Waals surface area contributed by atoms with Gasteiger partial charge in [0.15, 0.2) is 5.03 Å². The average Bonchev–Trinajstić information content (AvgIpc) is 2.88. The van der Waals surface area contributed by atoms with Crippen LogP contribution in [0.3, 0.4) is 0 Å². The molecule has 1 aliphatic heterocycles. The number of nitrogens with zero attached hydrogens (tertiary/aromatic N) is 2. The van der Waals surface area contributed by atoms with Gasteiger partial charge in [0.05, 0.1) is 6.20 Å². The molecule has 0 amide bonds. The second kappa shape index (κ2) is 5.16. The van der Waals surface area contributed by atoms with Crippen molar-refractivity contribution in [1.29, 1.82) is 0 Å². The summed E-state index contributed by atoms with van der Waals surface area (Å²) in [5, 5.41) is 7.40. The number of rotatable bonds is 5. The van der Waals surface area contributed by atoms with E-state index in [9.17, 15) is 8.42 Å². The predicted molar refractivity (Wildman–Crippen MR) is 64.0 cm³/mol. The van der Waals surface area contributed by atoms with E-state index >= 15 is 0 Å². The third kappa shape index (κ3) is 3.05. The highest BCUT2D eigenvalue weighted by molar-refractivity contribution is 7.89. The van der Waals surface area contributed by atoms with Crippen LogP contribution >= 0.6 is 0 Å². The molecular formula is C10H18N4O2S. The van der Waals surface area contributed by atoms with Gasteiger partial charge >= 0.3 is 0 Å². The molecule has 1 atom stereocenters. The van der Waals surface area contributed by atoms with Gasteiger partial charge in [0.1, 0.15) is 0 Å². The van der Waals surface area contributed by atoms with Crippen molar-refractivity contribution in [2.24, 2.45) is 7.05 Å². The molecule has 1 aromatic rings. The van der Waals surface area contributed by atoms with Crippen LogP contribution in [-0.4, -0.2) is 37.3 Å². The minimum absolute atomic E-state index is 0.205. The van der Waals surface area contributed by atoms with Gasteiger partial charge in [-0.3, -0.25) is 4.68 Å². The molecule has 0 bridgehead atoms. The molecule has 17 heavy (non-hydrogen) atoms. The van der Waals surface area contributed by atoms with E-state index in [1.165, 1.54) is 23.4 Å². The first-order valence-electron chi connectivity index (χ1n) is 5.80. The summed E-state index contributed by atoms with van der Waals surface area (Å²) < 4.78 is 27.7. The third-order valence-electron chi connectivity index (χ3n) is 3.00. The first-order chi connectivity index (χ1) is 8.09. The summed E-state index contributed by atoms with van der Waals surface area (Å²) in [4.78, 5) is 0. The van der Waals surface area contributed by atoms with Crippen LogP contribution in [0, 0.1) is 0 Å². The lowest BCUT2D eigenvalue weighted by Gasteiger charge is -2.11. The maximum absolute atomic E-state index is 11.9. The van der Waals surface area contributed by atoms with Crippen LogP contribution < -0.4 is 10.0 Å². The van der Waals surface area contributed by atoms with E-state index in [1.807, 2.05) is 0 Å². The van der Waals surface area contributed by atoms with E-state index in [1.54, 1.807) is 7.05 Å². The van der Waals surface area contributed by atoms with Crippen LogP contribution in [0.5, 0.6) is 0 Å². The van der Waals surface area contributed by atoms with Gasteiger partial charge < -0.3 is 5.32 Å². The molecule has 1 aliphatic rings. The highest BCUT2D eigenvalue weighted by atomic mass is 32.2. The molecule has 2 rings (SSSR count). The Balaban J connectivity index is 1.87. The number of aromatic nitrogens is 2. The average molecular weight is 258 g/mol. The Hall–Kier alpha value is -0.920. The zero-order chi connectivity index (χ0) is 12.3. The van der Waals surface area contributed by atoms with E-state index in [4.69, 9.17) is 0 Å². The number of hydrogen-bond donors (Lipinski definition) is 2. The summed E-state index contributed by atoms with van der Waals surface area (Å²) >= 11 is 0. The smallest absolute Gasteiger partial charge is 0.257 e. The van der Waals surface area contributed by atoms with Crippen LogP contribution in [-0.2, 0) is 17.1 Å². The molecule has 96 valence electrons. The van der Waals surface area contributed by atoms with E-state index in [0.29, 0.717) is 12.6 Å². The van der Waals surface area contributed by atoms with Gasteiger partial charge in [0, 0.05) is 19.6 Å². The van der Waals surface area contributed by atoms with Crippen molar-refractivity contribution in [3.05, 3.63) is 12.3 Å². The zero-order valence-electron chi connectivity index (χ0n) is 9.89. The summed E-state index contributed by atoms with van der Waals surface area (Å²) in [5.74, 6) is 0. The highest BCUT2D eigenvalue weighted by Crippen LogP contribution is 2.09. The van der Waals surface area contributed by atoms with Crippen LogP contribution in [0.4, 0.5) is 0 Å². The van der Waals surface area contributed by atoms with Crippen LogP contribution in [0.25, 0.3) is 0 Å². The minimum atomic E-state index is -3.42. The summed E-state index contributed by atoms with van der Waals surface area (Å²) in [5.41, 5.74) is 0. The number of nitrogens with one attached hydrogen (secondary N) is 2. The Kier molecular flexibility index (Phi) is 3.80. The normalized spacial score (nSPS) is 20.9. The van der Waals surface area contributed by atoms with Crippen molar-refractivity contribution in [2.75, 3.05) is 13.1 Å². The minimum Gasteiger partial charge on any atom is -0.314 e. The Bertz CT molecular complexity index is 462. The molecule has 1 aromatic heterocycles. The summed E-state index contributed by atoms with van der Waals surface area (Å²) in [6.07, 6.45) is 4.62. The van der Waals surface area contributed by atoms with E-state index in [0.717, 1.165) is 19.4 Å². The van der Waals surface area contributed by atoms with Crippen molar-refractivity contribution < 1.29 is 8.42 Å². The fourth-order valence-corrected chi connectivity index (χ4v) is 3.24. The van der Waals surface area contributed by atoms with Gasteiger partial charge in [-0.1, -0.05) is 0 Å². The lowest BCUT2D eigenvalue weighted by atomic mass is 10.2. The molecule has 0 aliphatic carbocycles. The number of sulfonamides is 1. The monoisotopic (exact) mass is 258 g/mol. The van der Waals surface area contributed by atoms with Crippen LogP contribution in [0.2, 0.25) is 0 Å². The maximum atomic E-state index is 11.9. The molecule has 1 fully saturated rings. The molecule has 6 nitrogen and oxygen atoms in total. The Morgan fingerprint density at radius 2 is 2.47 bits per heavy atom. The molecule has 1 saturated heterocycles. The fourth-order valence-electron chi connectivity index (χ4n) is 2.07. The second-order valence-electron chi connectivity index (χ2n) is 4.27.